The lowest BCUT2D eigenvalue weighted by Crippen LogP contribution is -2.24. The van der Waals surface area contributed by atoms with Crippen molar-refractivity contribution in [1.29, 1.82) is 0 Å². The smallest absolute Gasteiger partial charge is 0.338 e. The van der Waals surface area contributed by atoms with Crippen LogP contribution in [0.4, 0.5) is 0 Å². The van der Waals surface area contributed by atoms with E-state index in [0.29, 0.717) is 17.5 Å². The fraction of sp³-hybridized carbons (Fsp3) is 0.364. The molecule has 0 saturated carbocycles. The number of hydrogen-bond acceptors (Lipinski definition) is 3. The number of rotatable bonds is 5. The molecule has 1 rings (SSSR count). The predicted molar refractivity (Wildman–Crippen MR) is 61.3 cm³/mol. The van der Waals surface area contributed by atoms with E-state index in [1.807, 2.05) is 6.07 Å². The number of carbonyl (C=O) groups excluding carboxylic acids is 1. The van der Waals surface area contributed by atoms with Crippen molar-refractivity contribution in [2.24, 2.45) is 0 Å². The normalized spacial score (nSPS) is 12.1. The Morgan fingerprint density at radius 2 is 2.07 bits per heavy atom. The molecule has 15 heavy (non-hydrogen) atoms. The van der Waals surface area contributed by atoms with Crippen LogP contribution in [0.2, 0.25) is 0 Å². The molecule has 0 N–H and O–H groups in total. The number of methoxy groups -OCH3 is 1. The first-order valence-corrected chi connectivity index (χ1v) is 5.71. The van der Waals surface area contributed by atoms with E-state index in [0.717, 1.165) is 0 Å². The van der Waals surface area contributed by atoms with Crippen LogP contribution in [0.1, 0.15) is 10.4 Å². The molecule has 0 aliphatic carbocycles. The number of halogens is 1. The molecule has 1 aromatic rings. The van der Waals surface area contributed by atoms with Gasteiger partial charge in [-0.15, -0.1) is 0 Å². The zero-order chi connectivity index (χ0) is 11.1. The first-order chi connectivity index (χ1) is 7.27. The summed E-state index contributed by atoms with van der Waals surface area (Å²) in [6.07, 6.45) is -0.247. The molecule has 0 aliphatic rings. The lowest BCUT2D eigenvalue weighted by Gasteiger charge is -2.14. The summed E-state index contributed by atoms with van der Waals surface area (Å²) in [6, 6.07) is 8.90. The van der Waals surface area contributed by atoms with Crippen molar-refractivity contribution in [1.82, 2.24) is 0 Å². The minimum Gasteiger partial charge on any atom is -0.455 e. The second-order valence-electron chi connectivity index (χ2n) is 3.00. The first kappa shape index (κ1) is 12.2. The van der Waals surface area contributed by atoms with Crippen molar-refractivity contribution in [2.45, 2.75) is 6.10 Å². The Morgan fingerprint density at radius 3 is 2.60 bits per heavy atom. The Morgan fingerprint density at radius 1 is 1.40 bits per heavy atom. The van der Waals surface area contributed by atoms with Gasteiger partial charge in [0, 0.05) is 12.4 Å². The summed E-state index contributed by atoms with van der Waals surface area (Å²) in [5.41, 5.74) is 0.555. The monoisotopic (exact) mass is 272 g/mol. The van der Waals surface area contributed by atoms with Crippen LogP contribution in [0.15, 0.2) is 30.3 Å². The van der Waals surface area contributed by atoms with Crippen LogP contribution in [-0.2, 0) is 9.47 Å². The summed E-state index contributed by atoms with van der Waals surface area (Å²) in [5.74, 6) is -0.322. The summed E-state index contributed by atoms with van der Waals surface area (Å²) in [4.78, 5) is 11.6. The number of ether oxygens (including phenoxy) is 2. The lowest BCUT2D eigenvalue weighted by molar-refractivity contribution is 0.0138. The van der Waals surface area contributed by atoms with Gasteiger partial charge in [0.1, 0.15) is 6.10 Å². The highest BCUT2D eigenvalue weighted by Crippen LogP contribution is 2.05. The third kappa shape index (κ3) is 4.01. The first-order valence-electron chi connectivity index (χ1n) is 4.59. The SMILES string of the molecule is COCC(CBr)OC(=O)c1ccccc1. The molecular weight excluding hydrogens is 260 g/mol. The molecule has 0 amide bonds. The highest BCUT2D eigenvalue weighted by molar-refractivity contribution is 9.09. The van der Waals surface area contributed by atoms with Gasteiger partial charge in [-0.05, 0) is 12.1 Å². The molecule has 0 radical (unpaired) electrons. The molecule has 0 aliphatic heterocycles. The molecule has 82 valence electrons. The van der Waals surface area contributed by atoms with Crippen LogP contribution in [0.3, 0.4) is 0 Å². The van der Waals surface area contributed by atoms with Crippen molar-refractivity contribution >= 4 is 21.9 Å². The summed E-state index contributed by atoms with van der Waals surface area (Å²) < 4.78 is 10.1. The maximum atomic E-state index is 11.6. The quantitative estimate of drug-likeness (QED) is 0.609. The van der Waals surface area contributed by atoms with Gasteiger partial charge in [0.05, 0.1) is 12.2 Å². The summed E-state index contributed by atoms with van der Waals surface area (Å²) in [6.45, 7) is 0.393. The van der Waals surface area contributed by atoms with Crippen LogP contribution in [0.5, 0.6) is 0 Å². The zero-order valence-corrected chi connectivity index (χ0v) is 10.1. The van der Waals surface area contributed by atoms with Gasteiger partial charge in [0.2, 0.25) is 0 Å². The second kappa shape index (κ2) is 6.58. The maximum absolute atomic E-state index is 11.6. The molecule has 0 spiro atoms. The molecule has 0 bridgehead atoms. The van der Waals surface area contributed by atoms with Gasteiger partial charge in [0.15, 0.2) is 0 Å². The molecule has 1 unspecified atom stereocenters. The summed E-state index contributed by atoms with van der Waals surface area (Å²) >= 11 is 3.26. The van der Waals surface area contributed by atoms with Crippen LogP contribution in [-0.4, -0.2) is 31.1 Å². The molecule has 4 heteroatoms. The molecule has 0 fully saturated rings. The molecule has 0 heterocycles. The number of alkyl halides is 1. The lowest BCUT2D eigenvalue weighted by atomic mass is 10.2. The Balaban J connectivity index is 2.55. The molecule has 3 nitrogen and oxygen atoms in total. The van der Waals surface area contributed by atoms with Crippen LogP contribution in [0, 0.1) is 0 Å². The third-order valence-corrected chi connectivity index (χ3v) is 2.53. The Hall–Kier alpha value is -0.870. The van der Waals surface area contributed by atoms with E-state index < -0.39 is 0 Å². The van der Waals surface area contributed by atoms with Crippen LogP contribution >= 0.6 is 15.9 Å². The summed E-state index contributed by atoms with van der Waals surface area (Å²) in [5, 5.41) is 0.569. The van der Waals surface area contributed by atoms with E-state index >= 15 is 0 Å². The van der Waals surface area contributed by atoms with Crippen molar-refractivity contribution in [2.75, 3.05) is 19.0 Å². The van der Waals surface area contributed by atoms with Crippen LogP contribution in [0.25, 0.3) is 0 Å². The average Bonchev–Trinajstić information content (AvgIpc) is 2.29. The molecule has 1 aromatic carbocycles. The standard InChI is InChI=1S/C11H13BrO3/c1-14-8-10(7-12)15-11(13)9-5-3-2-4-6-9/h2-6,10H,7-8H2,1H3. The van der Waals surface area contributed by atoms with E-state index in [4.69, 9.17) is 9.47 Å². The Kier molecular flexibility index (Phi) is 5.36. The van der Waals surface area contributed by atoms with Gasteiger partial charge in [-0.3, -0.25) is 0 Å². The van der Waals surface area contributed by atoms with Gasteiger partial charge >= 0.3 is 5.97 Å². The van der Waals surface area contributed by atoms with Gasteiger partial charge in [-0.2, -0.15) is 0 Å². The van der Waals surface area contributed by atoms with Gasteiger partial charge in [-0.25, -0.2) is 4.79 Å². The van der Waals surface area contributed by atoms with E-state index in [2.05, 4.69) is 15.9 Å². The van der Waals surface area contributed by atoms with E-state index in [1.54, 1.807) is 31.4 Å². The van der Waals surface area contributed by atoms with E-state index in [1.165, 1.54) is 0 Å². The average molecular weight is 273 g/mol. The van der Waals surface area contributed by atoms with Crippen molar-refractivity contribution in [3.05, 3.63) is 35.9 Å². The van der Waals surface area contributed by atoms with E-state index in [9.17, 15) is 4.79 Å². The fourth-order valence-corrected chi connectivity index (χ4v) is 1.41. The highest BCUT2D eigenvalue weighted by atomic mass is 79.9. The summed E-state index contributed by atoms with van der Waals surface area (Å²) in [7, 11) is 1.58. The molecule has 0 saturated heterocycles. The van der Waals surface area contributed by atoms with Crippen molar-refractivity contribution in [3.8, 4) is 0 Å². The van der Waals surface area contributed by atoms with Gasteiger partial charge in [0.25, 0.3) is 0 Å². The topological polar surface area (TPSA) is 35.5 Å². The minimum atomic E-state index is -0.322. The fourth-order valence-electron chi connectivity index (χ4n) is 1.09. The number of benzene rings is 1. The highest BCUT2D eigenvalue weighted by Gasteiger charge is 2.14. The number of carbonyl (C=O) groups is 1. The minimum absolute atomic E-state index is 0.247. The maximum Gasteiger partial charge on any atom is 0.338 e. The molecule has 0 aromatic heterocycles. The predicted octanol–water partition coefficient (Wildman–Crippen LogP) is 2.25. The number of hydrogen-bond donors (Lipinski definition) is 0. The Bertz CT molecular complexity index is 300. The zero-order valence-electron chi connectivity index (χ0n) is 8.48. The van der Waals surface area contributed by atoms with Crippen molar-refractivity contribution in [3.63, 3.8) is 0 Å². The van der Waals surface area contributed by atoms with Gasteiger partial charge in [-0.1, -0.05) is 34.1 Å². The molecule has 1 atom stereocenters. The largest absolute Gasteiger partial charge is 0.455 e. The number of esters is 1. The second-order valence-corrected chi connectivity index (χ2v) is 3.65. The van der Waals surface area contributed by atoms with Crippen molar-refractivity contribution < 1.29 is 14.3 Å². The molecular formula is C11H13BrO3. The third-order valence-electron chi connectivity index (χ3n) is 1.81. The Labute approximate surface area is 97.5 Å². The van der Waals surface area contributed by atoms with Crippen LogP contribution < -0.4 is 0 Å². The van der Waals surface area contributed by atoms with Gasteiger partial charge < -0.3 is 9.47 Å². The van der Waals surface area contributed by atoms with E-state index in [-0.39, 0.29) is 12.1 Å².